The summed E-state index contributed by atoms with van der Waals surface area (Å²) in [6.45, 7) is 7.25. The SMILES string of the molecule is CCCCOc1cccc(C(=O)N(CCN2CCOCC2)c2nc3c(Cl)cccc3s2)c1. The Morgan fingerprint density at radius 2 is 2.06 bits per heavy atom. The highest BCUT2D eigenvalue weighted by Crippen LogP contribution is 2.33. The van der Waals surface area contributed by atoms with Crippen molar-refractivity contribution in [3.63, 3.8) is 0 Å². The molecule has 1 aromatic heterocycles. The number of morpholine rings is 1. The molecule has 0 atom stereocenters. The zero-order chi connectivity index (χ0) is 22.3. The largest absolute Gasteiger partial charge is 0.494 e. The predicted octanol–water partition coefficient (Wildman–Crippen LogP) is 5.11. The first kappa shape index (κ1) is 23.0. The first-order valence-corrected chi connectivity index (χ1v) is 12.2. The number of rotatable bonds is 9. The molecule has 0 radical (unpaired) electrons. The fourth-order valence-electron chi connectivity index (χ4n) is 3.58. The number of carbonyl (C=O) groups is 1. The normalized spacial score (nSPS) is 14.6. The molecule has 32 heavy (non-hydrogen) atoms. The number of benzene rings is 2. The van der Waals surface area contributed by atoms with Crippen LogP contribution in [-0.4, -0.2) is 61.8 Å². The molecule has 4 rings (SSSR count). The first-order chi connectivity index (χ1) is 15.7. The number of nitrogens with zero attached hydrogens (tertiary/aromatic N) is 3. The van der Waals surface area contributed by atoms with E-state index in [1.807, 2.05) is 42.5 Å². The van der Waals surface area contributed by atoms with E-state index in [-0.39, 0.29) is 5.91 Å². The van der Waals surface area contributed by atoms with E-state index in [0.717, 1.165) is 55.9 Å². The molecule has 170 valence electrons. The third kappa shape index (κ3) is 5.59. The quantitative estimate of drug-likeness (QED) is 0.404. The highest BCUT2D eigenvalue weighted by atomic mass is 35.5. The highest BCUT2D eigenvalue weighted by molar-refractivity contribution is 7.22. The third-order valence-electron chi connectivity index (χ3n) is 5.43. The Hall–Kier alpha value is -2.19. The zero-order valence-electron chi connectivity index (χ0n) is 18.3. The van der Waals surface area contributed by atoms with Gasteiger partial charge in [-0.1, -0.05) is 48.4 Å². The van der Waals surface area contributed by atoms with E-state index in [1.165, 1.54) is 11.3 Å². The minimum Gasteiger partial charge on any atom is -0.494 e. The average molecular weight is 474 g/mol. The van der Waals surface area contributed by atoms with E-state index in [9.17, 15) is 4.79 Å². The number of fused-ring (bicyclic) bond motifs is 1. The third-order valence-corrected chi connectivity index (χ3v) is 6.77. The second kappa shape index (κ2) is 11.1. The molecule has 0 unspecified atom stereocenters. The van der Waals surface area contributed by atoms with E-state index in [2.05, 4.69) is 11.8 Å². The number of hydrogen-bond acceptors (Lipinski definition) is 6. The van der Waals surface area contributed by atoms with Crippen LogP contribution >= 0.6 is 22.9 Å². The van der Waals surface area contributed by atoms with Crippen molar-refractivity contribution in [3.05, 3.63) is 53.1 Å². The molecule has 0 N–H and O–H groups in total. The molecule has 1 aliphatic rings. The molecule has 0 bridgehead atoms. The molecule has 0 aliphatic carbocycles. The van der Waals surface area contributed by atoms with Gasteiger partial charge in [-0.05, 0) is 36.8 Å². The van der Waals surface area contributed by atoms with Gasteiger partial charge >= 0.3 is 0 Å². The number of amides is 1. The van der Waals surface area contributed by atoms with Crippen LogP contribution in [0.1, 0.15) is 30.1 Å². The molecule has 0 spiro atoms. The minimum absolute atomic E-state index is 0.0885. The van der Waals surface area contributed by atoms with E-state index in [0.29, 0.717) is 34.6 Å². The fraction of sp³-hybridized carbons (Fsp3) is 0.417. The van der Waals surface area contributed by atoms with Gasteiger partial charge in [0.05, 0.1) is 29.5 Å². The molecule has 2 aromatic carbocycles. The number of thiazole rings is 1. The summed E-state index contributed by atoms with van der Waals surface area (Å²) in [7, 11) is 0. The number of halogens is 1. The van der Waals surface area contributed by atoms with Crippen LogP contribution in [0.2, 0.25) is 5.02 Å². The fourth-order valence-corrected chi connectivity index (χ4v) is 4.87. The van der Waals surface area contributed by atoms with Gasteiger partial charge in [-0.2, -0.15) is 0 Å². The van der Waals surface area contributed by atoms with Crippen LogP contribution in [0.4, 0.5) is 5.13 Å². The van der Waals surface area contributed by atoms with Crippen LogP contribution in [0, 0.1) is 0 Å². The number of carbonyl (C=O) groups excluding carboxylic acids is 1. The maximum absolute atomic E-state index is 13.6. The van der Waals surface area contributed by atoms with Crippen molar-refractivity contribution in [2.45, 2.75) is 19.8 Å². The van der Waals surface area contributed by atoms with Crippen molar-refractivity contribution in [3.8, 4) is 5.75 Å². The summed E-state index contributed by atoms with van der Waals surface area (Å²) in [5, 5.41) is 1.25. The lowest BCUT2D eigenvalue weighted by Gasteiger charge is -2.29. The van der Waals surface area contributed by atoms with E-state index in [4.69, 9.17) is 26.1 Å². The van der Waals surface area contributed by atoms with E-state index >= 15 is 0 Å². The topological polar surface area (TPSA) is 54.9 Å². The van der Waals surface area contributed by atoms with Gasteiger partial charge in [-0.3, -0.25) is 14.6 Å². The second-order valence-corrected chi connectivity index (χ2v) is 9.14. The van der Waals surface area contributed by atoms with Gasteiger partial charge in [0, 0.05) is 31.7 Å². The maximum Gasteiger partial charge on any atom is 0.260 e. The van der Waals surface area contributed by atoms with Gasteiger partial charge in [0.25, 0.3) is 5.91 Å². The lowest BCUT2D eigenvalue weighted by Crippen LogP contribution is -2.43. The Morgan fingerprint density at radius 3 is 2.84 bits per heavy atom. The lowest BCUT2D eigenvalue weighted by atomic mass is 10.2. The van der Waals surface area contributed by atoms with Gasteiger partial charge in [0.15, 0.2) is 5.13 Å². The predicted molar refractivity (Wildman–Crippen MR) is 130 cm³/mol. The van der Waals surface area contributed by atoms with Crippen molar-refractivity contribution in [2.75, 3.05) is 50.9 Å². The summed E-state index contributed by atoms with van der Waals surface area (Å²) < 4.78 is 12.2. The van der Waals surface area contributed by atoms with Crippen LogP contribution in [0.25, 0.3) is 10.2 Å². The smallest absolute Gasteiger partial charge is 0.260 e. The number of hydrogen-bond donors (Lipinski definition) is 0. The van der Waals surface area contributed by atoms with Gasteiger partial charge in [0.2, 0.25) is 0 Å². The second-order valence-electron chi connectivity index (χ2n) is 7.72. The van der Waals surface area contributed by atoms with Crippen molar-refractivity contribution in [2.24, 2.45) is 0 Å². The molecule has 2 heterocycles. The van der Waals surface area contributed by atoms with Crippen molar-refractivity contribution in [1.82, 2.24) is 9.88 Å². The van der Waals surface area contributed by atoms with Crippen molar-refractivity contribution >= 4 is 44.2 Å². The van der Waals surface area contributed by atoms with Gasteiger partial charge in [0.1, 0.15) is 11.3 Å². The van der Waals surface area contributed by atoms with Crippen LogP contribution < -0.4 is 9.64 Å². The number of aromatic nitrogens is 1. The summed E-state index contributed by atoms with van der Waals surface area (Å²) in [6, 6.07) is 13.1. The molecule has 3 aromatic rings. The summed E-state index contributed by atoms with van der Waals surface area (Å²) in [5.41, 5.74) is 1.32. The summed E-state index contributed by atoms with van der Waals surface area (Å²) in [5.74, 6) is 0.624. The Morgan fingerprint density at radius 1 is 1.25 bits per heavy atom. The van der Waals surface area contributed by atoms with Gasteiger partial charge < -0.3 is 9.47 Å². The van der Waals surface area contributed by atoms with E-state index < -0.39 is 0 Å². The number of anilines is 1. The molecular formula is C24H28ClN3O3S. The molecule has 8 heteroatoms. The lowest BCUT2D eigenvalue weighted by molar-refractivity contribution is 0.0391. The monoisotopic (exact) mass is 473 g/mol. The molecule has 1 amide bonds. The molecule has 1 fully saturated rings. The number of para-hydroxylation sites is 1. The standard InChI is InChI=1S/C24H28ClN3O3S/c1-2-3-14-31-19-7-4-6-18(17-19)23(29)28(11-10-27-12-15-30-16-13-27)24-26-22-20(25)8-5-9-21(22)32-24/h4-9,17H,2-3,10-16H2,1H3. The van der Waals surface area contributed by atoms with E-state index in [1.54, 1.807) is 4.90 Å². The minimum atomic E-state index is -0.0885. The Kier molecular flexibility index (Phi) is 7.97. The average Bonchev–Trinajstić information content (AvgIpc) is 3.26. The Labute approximate surface area is 197 Å². The molecule has 1 aliphatic heterocycles. The van der Waals surface area contributed by atoms with Crippen LogP contribution in [0.3, 0.4) is 0 Å². The van der Waals surface area contributed by atoms with Crippen LogP contribution in [-0.2, 0) is 4.74 Å². The first-order valence-electron chi connectivity index (χ1n) is 11.1. The van der Waals surface area contributed by atoms with Gasteiger partial charge in [-0.25, -0.2) is 4.98 Å². The molecule has 1 saturated heterocycles. The van der Waals surface area contributed by atoms with Crippen LogP contribution in [0.5, 0.6) is 5.75 Å². The van der Waals surface area contributed by atoms with Crippen LogP contribution in [0.15, 0.2) is 42.5 Å². The van der Waals surface area contributed by atoms with Crippen molar-refractivity contribution in [1.29, 1.82) is 0 Å². The Bertz CT molecular complexity index is 1050. The molecule has 0 saturated carbocycles. The summed E-state index contributed by atoms with van der Waals surface area (Å²) in [4.78, 5) is 22.4. The Balaban J connectivity index is 1.59. The zero-order valence-corrected chi connectivity index (χ0v) is 19.8. The maximum atomic E-state index is 13.6. The highest BCUT2D eigenvalue weighted by Gasteiger charge is 2.23. The summed E-state index contributed by atoms with van der Waals surface area (Å²) >= 11 is 7.84. The molecule has 6 nitrogen and oxygen atoms in total. The van der Waals surface area contributed by atoms with Gasteiger partial charge in [-0.15, -0.1) is 0 Å². The summed E-state index contributed by atoms with van der Waals surface area (Å²) in [6.07, 6.45) is 2.05. The number of unbranched alkanes of at least 4 members (excludes halogenated alkanes) is 1. The number of ether oxygens (including phenoxy) is 2. The van der Waals surface area contributed by atoms with Crippen molar-refractivity contribution < 1.29 is 14.3 Å². The molecular weight excluding hydrogens is 446 g/mol.